The summed E-state index contributed by atoms with van der Waals surface area (Å²) in [6.07, 6.45) is 0. The van der Waals surface area contributed by atoms with Crippen LogP contribution in [0.2, 0.25) is 0 Å². The van der Waals surface area contributed by atoms with Crippen molar-refractivity contribution in [3.8, 4) is 0 Å². The molecule has 5 heteroatoms. The van der Waals surface area contributed by atoms with Gasteiger partial charge in [0.1, 0.15) is 17.3 Å². The Morgan fingerprint density at radius 2 is 1.68 bits per heavy atom. The van der Waals surface area contributed by atoms with Gasteiger partial charge in [0.2, 0.25) is 0 Å². The first-order chi connectivity index (χ1) is 10.7. The molecule has 0 atom stereocenters. The zero-order valence-electron chi connectivity index (χ0n) is 11.6. The predicted octanol–water partition coefficient (Wildman–Crippen LogP) is 5.00. The van der Waals surface area contributed by atoms with Gasteiger partial charge in [-0.2, -0.15) is 11.8 Å². The number of hydrogen-bond acceptors (Lipinski definition) is 3. The Morgan fingerprint density at radius 1 is 0.909 bits per heavy atom. The zero-order chi connectivity index (χ0) is 15.1. The van der Waals surface area contributed by atoms with Gasteiger partial charge in [-0.3, -0.25) is 4.98 Å². The quantitative estimate of drug-likeness (QED) is 0.720. The van der Waals surface area contributed by atoms with Crippen LogP contribution in [0.1, 0.15) is 11.3 Å². The molecule has 0 spiro atoms. The van der Waals surface area contributed by atoms with Crippen molar-refractivity contribution >= 4 is 34.0 Å². The molecule has 1 aromatic heterocycles. The van der Waals surface area contributed by atoms with Crippen molar-refractivity contribution in [1.29, 1.82) is 0 Å². The number of para-hydroxylation sites is 2. The Bertz CT molecular complexity index is 860. The fourth-order valence-corrected chi connectivity index (χ4v) is 3.76. The van der Waals surface area contributed by atoms with Crippen molar-refractivity contribution in [2.45, 2.75) is 11.5 Å². The smallest absolute Gasteiger partial charge is 0.149 e. The first-order valence-corrected chi connectivity index (χ1v) is 8.09. The predicted molar refractivity (Wildman–Crippen MR) is 86.4 cm³/mol. The van der Waals surface area contributed by atoms with Crippen molar-refractivity contribution in [1.82, 2.24) is 4.98 Å². The second kappa shape index (κ2) is 5.25. The second-order valence-electron chi connectivity index (χ2n) is 5.14. The van der Waals surface area contributed by atoms with E-state index in [9.17, 15) is 8.78 Å². The number of thioether (sulfide) groups is 1. The van der Waals surface area contributed by atoms with Gasteiger partial charge in [-0.25, -0.2) is 8.78 Å². The number of aromatic nitrogens is 1. The fourth-order valence-electron chi connectivity index (χ4n) is 2.71. The van der Waals surface area contributed by atoms with Crippen LogP contribution in [-0.2, 0) is 11.5 Å². The fraction of sp³-hybridized carbons (Fsp3) is 0.118. The van der Waals surface area contributed by atoms with Crippen molar-refractivity contribution in [2.75, 3.05) is 5.32 Å². The summed E-state index contributed by atoms with van der Waals surface area (Å²) >= 11 is 1.76. The minimum atomic E-state index is -0.597. The second-order valence-corrected chi connectivity index (χ2v) is 6.13. The van der Waals surface area contributed by atoms with Gasteiger partial charge in [0.25, 0.3) is 0 Å². The van der Waals surface area contributed by atoms with Crippen LogP contribution in [0, 0.1) is 11.6 Å². The van der Waals surface area contributed by atoms with Crippen molar-refractivity contribution in [3.05, 3.63) is 65.4 Å². The first-order valence-electron chi connectivity index (χ1n) is 6.93. The Balaban J connectivity index is 1.95. The summed E-state index contributed by atoms with van der Waals surface area (Å²) in [6.45, 7) is 0. The third-order valence-electron chi connectivity index (χ3n) is 3.78. The molecule has 2 aromatic carbocycles. The third kappa shape index (κ3) is 2.13. The number of anilines is 2. The van der Waals surface area contributed by atoms with Crippen LogP contribution in [0.15, 0.2) is 42.5 Å². The van der Waals surface area contributed by atoms with Crippen molar-refractivity contribution in [2.24, 2.45) is 0 Å². The minimum absolute atomic E-state index is 0.113. The SMILES string of the molecule is Fc1cccc(F)c1Nc1c2c(nc3ccccc13)CSC2. The lowest BCUT2D eigenvalue weighted by molar-refractivity contribution is 0.591. The highest BCUT2D eigenvalue weighted by Crippen LogP contribution is 2.40. The lowest BCUT2D eigenvalue weighted by Gasteiger charge is -2.15. The number of hydrogen-bond donors (Lipinski definition) is 1. The van der Waals surface area contributed by atoms with E-state index in [4.69, 9.17) is 0 Å². The van der Waals surface area contributed by atoms with E-state index in [2.05, 4.69) is 10.3 Å². The molecule has 0 saturated heterocycles. The highest BCUT2D eigenvalue weighted by molar-refractivity contribution is 7.98. The Labute approximate surface area is 130 Å². The van der Waals surface area contributed by atoms with Gasteiger partial charge in [0.15, 0.2) is 0 Å². The van der Waals surface area contributed by atoms with Crippen LogP contribution in [0.4, 0.5) is 20.2 Å². The molecule has 4 rings (SSSR count). The molecule has 0 aliphatic carbocycles. The number of rotatable bonds is 2. The topological polar surface area (TPSA) is 24.9 Å². The van der Waals surface area contributed by atoms with E-state index in [1.807, 2.05) is 24.3 Å². The van der Waals surface area contributed by atoms with Crippen LogP contribution in [0.5, 0.6) is 0 Å². The molecular weight excluding hydrogens is 302 g/mol. The van der Waals surface area contributed by atoms with Crippen LogP contribution in [-0.4, -0.2) is 4.98 Å². The molecule has 1 N–H and O–H groups in total. The molecule has 0 bridgehead atoms. The summed E-state index contributed by atoms with van der Waals surface area (Å²) in [7, 11) is 0. The average Bonchev–Trinajstić information content (AvgIpc) is 2.98. The largest absolute Gasteiger partial charge is 0.350 e. The number of nitrogens with zero attached hydrogens (tertiary/aromatic N) is 1. The van der Waals surface area contributed by atoms with E-state index >= 15 is 0 Å². The molecule has 0 unspecified atom stereocenters. The lowest BCUT2D eigenvalue weighted by Crippen LogP contribution is -2.03. The van der Waals surface area contributed by atoms with Crippen molar-refractivity contribution in [3.63, 3.8) is 0 Å². The van der Waals surface area contributed by atoms with E-state index in [-0.39, 0.29) is 5.69 Å². The monoisotopic (exact) mass is 314 g/mol. The zero-order valence-corrected chi connectivity index (χ0v) is 12.4. The summed E-state index contributed by atoms with van der Waals surface area (Å²) in [4.78, 5) is 4.65. The molecule has 110 valence electrons. The molecule has 0 fully saturated rings. The number of pyridine rings is 1. The number of benzene rings is 2. The third-order valence-corrected chi connectivity index (χ3v) is 4.75. The van der Waals surface area contributed by atoms with Crippen LogP contribution >= 0.6 is 11.8 Å². The molecule has 0 saturated carbocycles. The van der Waals surface area contributed by atoms with Crippen LogP contribution < -0.4 is 5.32 Å². The molecule has 2 nitrogen and oxygen atoms in total. The van der Waals surface area contributed by atoms with E-state index in [0.717, 1.165) is 39.4 Å². The van der Waals surface area contributed by atoms with Crippen LogP contribution in [0.25, 0.3) is 10.9 Å². The van der Waals surface area contributed by atoms with E-state index in [0.29, 0.717) is 0 Å². The average molecular weight is 314 g/mol. The molecule has 1 aliphatic heterocycles. The molecule has 22 heavy (non-hydrogen) atoms. The van der Waals surface area contributed by atoms with Gasteiger partial charge in [0.05, 0.1) is 16.9 Å². The van der Waals surface area contributed by atoms with Gasteiger partial charge in [0, 0.05) is 22.5 Å². The van der Waals surface area contributed by atoms with E-state index < -0.39 is 11.6 Å². The molecule has 0 radical (unpaired) electrons. The van der Waals surface area contributed by atoms with E-state index in [1.54, 1.807) is 11.8 Å². The van der Waals surface area contributed by atoms with Gasteiger partial charge >= 0.3 is 0 Å². The molecule has 2 heterocycles. The van der Waals surface area contributed by atoms with Gasteiger partial charge in [-0.1, -0.05) is 24.3 Å². The normalized spacial score (nSPS) is 13.4. The standard InChI is InChI=1S/C17H12F2N2S/c18-12-5-3-6-13(19)17(12)21-16-10-4-1-2-7-14(10)20-15-9-22-8-11(15)16/h1-7H,8-9H2,(H,20,21). The van der Waals surface area contributed by atoms with Crippen molar-refractivity contribution < 1.29 is 8.78 Å². The molecular formula is C17H12F2N2S. The highest BCUT2D eigenvalue weighted by Gasteiger charge is 2.21. The Morgan fingerprint density at radius 3 is 2.50 bits per heavy atom. The summed E-state index contributed by atoms with van der Waals surface area (Å²) in [6, 6.07) is 11.5. The van der Waals surface area contributed by atoms with Gasteiger partial charge in [-0.15, -0.1) is 0 Å². The first kappa shape index (κ1) is 13.5. The summed E-state index contributed by atoms with van der Waals surface area (Å²) in [5.41, 5.74) is 3.50. The minimum Gasteiger partial charge on any atom is -0.350 e. The number of nitrogens with one attached hydrogen (secondary N) is 1. The molecule has 0 amide bonds. The highest BCUT2D eigenvalue weighted by atomic mass is 32.2. The Hall–Kier alpha value is -2.14. The van der Waals surface area contributed by atoms with Gasteiger partial charge in [-0.05, 0) is 18.2 Å². The maximum absolute atomic E-state index is 14.0. The summed E-state index contributed by atoms with van der Waals surface area (Å²) < 4.78 is 27.9. The Kier molecular flexibility index (Phi) is 3.22. The molecule has 3 aromatic rings. The summed E-state index contributed by atoms with van der Waals surface area (Å²) in [5.74, 6) is 0.431. The van der Waals surface area contributed by atoms with Gasteiger partial charge < -0.3 is 5.32 Å². The maximum atomic E-state index is 14.0. The summed E-state index contributed by atoms with van der Waals surface area (Å²) in [5, 5.41) is 3.86. The maximum Gasteiger partial charge on any atom is 0.149 e. The van der Waals surface area contributed by atoms with E-state index in [1.165, 1.54) is 18.2 Å². The van der Waals surface area contributed by atoms with Crippen LogP contribution in [0.3, 0.4) is 0 Å². The molecule has 1 aliphatic rings. The lowest BCUT2D eigenvalue weighted by atomic mass is 10.1. The number of halogens is 2. The number of fused-ring (bicyclic) bond motifs is 2.